The summed E-state index contributed by atoms with van der Waals surface area (Å²) in [4.78, 5) is 38.4. The molecule has 1 heterocycles. The first kappa shape index (κ1) is 22.5. The average Bonchev–Trinajstić information content (AvgIpc) is 2.62. The van der Waals surface area contributed by atoms with Crippen molar-refractivity contribution in [3.63, 3.8) is 0 Å². The molecular formula is C14H12N4O11. The third-order valence-electron chi connectivity index (χ3n) is 3.10. The first-order valence-electron chi connectivity index (χ1n) is 7.39. The molecule has 0 unspecified atom stereocenters. The van der Waals surface area contributed by atoms with E-state index in [2.05, 4.69) is 0 Å². The zero-order valence-electron chi connectivity index (χ0n) is 14.5. The van der Waals surface area contributed by atoms with Gasteiger partial charge in [-0.3, -0.25) is 30.3 Å². The number of nitro benzene ring substituents is 3. The summed E-state index contributed by atoms with van der Waals surface area (Å²) >= 11 is 0. The largest absolute Gasteiger partial charge is 0.619 e. The lowest BCUT2D eigenvalue weighted by atomic mass is 10.2. The fourth-order valence-corrected chi connectivity index (χ4v) is 1.84. The van der Waals surface area contributed by atoms with Crippen molar-refractivity contribution in [3.8, 4) is 11.5 Å². The zero-order chi connectivity index (χ0) is 22.3. The Morgan fingerprint density at radius 3 is 1.79 bits per heavy atom. The summed E-state index contributed by atoms with van der Waals surface area (Å²) in [6, 6.07) is 3.08. The summed E-state index contributed by atoms with van der Waals surface area (Å²) < 4.78 is 5.33. The average molecular weight is 412 g/mol. The van der Waals surface area contributed by atoms with Gasteiger partial charge in [-0.1, -0.05) is 0 Å². The number of esters is 1. The van der Waals surface area contributed by atoms with E-state index in [-0.39, 0.29) is 6.07 Å². The summed E-state index contributed by atoms with van der Waals surface area (Å²) in [5.41, 5.74) is -3.56. The normalized spacial score (nSPS) is 9.69. The lowest BCUT2D eigenvalue weighted by molar-refractivity contribution is -0.605. The first-order valence-corrected chi connectivity index (χ1v) is 7.39. The highest BCUT2D eigenvalue weighted by atomic mass is 16.6. The summed E-state index contributed by atoms with van der Waals surface area (Å²) in [7, 11) is 0. The maximum Gasteiger partial charge on any atom is 0.366 e. The van der Waals surface area contributed by atoms with Crippen LogP contribution < -0.4 is 4.73 Å². The SMILES string of the molecule is CCOC(=O)c1cc[n+]([O-])cc1.O=[N+]([O-])c1cc([N+](=O)[O-])c(O)c([N+](=O)[O-])c1O. The molecule has 0 fully saturated rings. The summed E-state index contributed by atoms with van der Waals surface area (Å²) in [6.07, 6.45) is 2.51. The van der Waals surface area contributed by atoms with Gasteiger partial charge in [0.1, 0.15) is 6.07 Å². The molecule has 0 bridgehead atoms. The molecule has 0 aliphatic rings. The number of nitrogens with zero attached hydrogens (tertiary/aromatic N) is 4. The van der Waals surface area contributed by atoms with Crippen LogP contribution >= 0.6 is 0 Å². The van der Waals surface area contributed by atoms with Crippen LogP contribution in [0.4, 0.5) is 17.1 Å². The fourth-order valence-electron chi connectivity index (χ4n) is 1.84. The van der Waals surface area contributed by atoms with Gasteiger partial charge >= 0.3 is 23.0 Å². The highest BCUT2D eigenvalue weighted by Crippen LogP contribution is 2.47. The Morgan fingerprint density at radius 2 is 1.45 bits per heavy atom. The highest BCUT2D eigenvalue weighted by molar-refractivity contribution is 5.88. The Balaban J connectivity index is 0.000000308. The number of rotatable bonds is 5. The number of hydrogen-bond donors (Lipinski definition) is 2. The molecule has 1 aromatic carbocycles. The number of aromatic hydroxyl groups is 2. The van der Waals surface area contributed by atoms with E-state index in [9.17, 15) is 40.3 Å². The van der Waals surface area contributed by atoms with Crippen molar-refractivity contribution < 1.29 is 39.2 Å². The number of carbonyl (C=O) groups excluding carboxylic acids is 1. The van der Waals surface area contributed by atoms with Crippen LogP contribution in [0, 0.1) is 35.6 Å². The van der Waals surface area contributed by atoms with Crippen LogP contribution in [0.25, 0.3) is 0 Å². The van der Waals surface area contributed by atoms with E-state index in [0.29, 0.717) is 16.9 Å². The number of benzene rings is 1. The predicted octanol–water partition coefficient (Wildman–Crippen LogP) is 1.32. The number of ether oxygens (including phenoxy) is 1. The molecule has 15 heteroatoms. The third-order valence-corrected chi connectivity index (χ3v) is 3.10. The van der Waals surface area contributed by atoms with Gasteiger partial charge in [0.15, 0.2) is 12.4 Å². The van der Waals surface area contributed by atoms with E-state index in [4.69, 9.17) is 14.9 Å². The molecule has 0 radical (unpaired) electrons. The van der Waals surface area contributed by atoms with Crippen molar-refractivity contribution >= 4 is 23.0 Å². The Bertz CT molecular complexity index is 921. The smallest absolute Gasteiger partial charge is 0.366 e. The molecule has 1 aromatic heterocycles. The third kappa shape index (κ3) is 5.46. The number of hydrogen-bond acceptors (Lipinski definition) is 11. The van der Waals surface area contributed by atoms with E-state index in [1.54, 1.807) is 6.92 Å². The van der Waals surface area contributed by atoms with Gasteiger partial charge in [-0.15, -0.1) is 0 Å². The van der Waals surface area contributed by atoms with Gasteiger partial charge in [-0.05, 0) is 6.92 Å². The maximum atomic E-state index is 11.0. The Kier molecular flexibility index (Phi) is 7.29. The number of pyridine rings is 1. The van der Waals surface area contributed by atoms with Gasteiger partial charge in [0.05, 0.1) is 26.9 Å². The van der Waals surface area contributed by atoms with E-state index < -0.39 is 49.3 Å². The number of nitro groups is 3. The number of phenols is 2. The zero-order valence-corrected chi connectivity index (χ0v) is 14.5. The van der Waals surface area contributed by atoms with Crippen LogP contribution in [-0.4, -0.2) is 37.6 Å². The molecule has 0 amide bonds. The molecule has 0 spiro atoms. The van der Waals surface area contributed by atoms with Crippen LogP contribution in [0.3, 0.4) is 0 Å². The highest BCUT2D eigenvalue weighted by Gasteiger charge is 2.37. The van der Waals surface area contributed by atoms with E-state index in [1.807, 2.05) is 0 Å². The summed E-state index contributed by atoms with van der Waals surface area (Å²) in [5.74, 6) is -3.29. The van der Waals surface area contributed by atoms with Crippen molar-refractivity contribution in [3.05, 3.63) is 71.7 Å². The van der Waals surface area contributed by atoms with Crippen molar-refractivity contribution in [2.45, 2.75) is 6.92 Å². The minimum absolute atomic E-state index is 0.234. The van der Waals surface area contributed by atoms with Crippen LogP contribution in [0.15, 0.2) is 30.6 Å². The minimum atomic E-state index is -1.48. The van der Waals surface area contributed by atoms with Crippen LogP contribution in [0.5, 0.6) is 11.5 Å². The molecule has 0 atom stereocenters. The lowest BCUT2D eigenvalue weighted by Crippen LogP contribution is -2.24. The molecule has 0 aliphatic heterocycles. The van der Waals surface area contributed by atoms with Gasteiger partial charge < -0.3 is 20.2 Å². The number of carbonyl (C=O) groups is 1. The molecule has 15 nitrogen and oxygen atoms in total. The van der Waals surface area contributed by atoms with E-state index >= 15 is 0 Å². The number of aromatic nitrogens is 1. The molecule has 0 saturated heterocycles. The molecule has 0 saturated carbocycles. The predicted molar refractivity (Wildman–Crippen MR) is 91.1 cm³/mol. The monoisotopic (exact) mass is 412 g/mol. The van der Waals surface area contributed by atoms with Gasteiger partial charge in [0.2, 0.25) is 0 Å². The van der Waals surface area contributed by atoms with Crippen molar-refractivity contribution in [2.24, 2.45) is 0 Å². The Labute approximate surface area is 160 Å². The van der Waals surface area contributed by atoms with E-state index in [0.717, 1.165) is 0 Å². The van der Waals surface area contributed by atoms with Gasteiger partial charge in [-0.2, -0.15) is 4.73 Å². The molecule has 154 valence electrons. The standard InChI is InChI=1S/C8H9NO3.C6H3N3O8/c1-2-12-8(10)7-3-5-9(11)6-4-7;10-5-2(7(12)13)1-3(8(14)15)6(11)4(5)9(16)17/h3-6H,2H2,1H3;1,10-11H. The second-order valence-corrected chi connectivity index (χ2v) is 4.90. The van der Waals surface area contributed by atoms with Crippen LogP contribution in [0.2, 0.25) is 0 Å². The van der Waals surface area contributed by atoms with Crippen molar-refractivity contribution in [1.29, 1.82) is 0 Å². The Morgan fingerprint density at radius 1 is 1.00 bits per heavy atom. The molecule has 2 aromatic rings. The van der Waals surface area contributed by atoms with Crippen LogP contribution in [-0.2, 0) is 4.74 Å². The summed E-state index contributed by atoms with van der Waals surface area (Å²) in [6.45, 7) is 2.07. The molecule has 29 heavy (non-hydrogen) atoms. The molecular weight excluding hydrogens is 400 g/mol. The summed E-state index contributed by atoms with van der Waals surface area (Å²) in [5, 5.41) is 60.1. The lowest BCUT2D eigenvalue weighted by Gasteiger charge is -2.00. The Hall–Kier alpha value is -4.56. The van der Waals surface area contributed by atoms with E-state index in [1.165, 1.54) is 24.5 Å². The van der Waals surface area contributed by atoms with Gasteiger partial charge in [0.25, 0.3) is 11.5 Å². The maximum absolute atomic E-state index is 11.0. The topological polar surface area (TPSA) is 223 Å². The second-order valence-electron chi connectivity index (χ2n) is 4.90. The first-order chi connectivity index (χ1) is 13.5. The second kappa shape index (κ2) is 9.40. The fraction of sp³-hybridized carbons (Fsp3) is 0.143. The van der Waals surface area contributed by atoms with Gasteiger partial charge in [-0.25, -0.2) is 4.79 Å². The van der Waals surface area contributed by atoms with Gasteiger partial charge in [0, 0.05) is 12.1 Å². The van der Waals surface area contributed by atoms with Crippen molar-refractivity contribution in [2.75, 3.05) is 6.61 Å². The van der Waals surface area contributed by atoms with Crippen molar-refractivity contribution in [1.82, 2.24) is 0 Å². The molecule has 2 N–H and O–H groups in total. The quantitative estimate of drug-likeness (QED) is 0.234. The van der Waals surface area contributed by atoms with Crippen LogP contribution in [0.1, 0.15) is 17.3 Å². The molecule has 2 rings (SSSR count). The minimum Gasteiger partial charge on any atom is -0.619 e. The number of phenolic OH excluding ortho intramolecular Hbond substituents is 2. The molecule has 0 aliphatic carbocycles.